The molecule has 0 bridgehead atoms. The van der Waals surface area contributed by atoms with Crippen LogP contribution in [0.5, 0.6) is 0 Å². The van der Waals surface area contributed by atoms with Crippen LogP contribution >= 0.6 is 0 Å². The summed E-state index contributed by atoms with van der Waals surface area (Å²) in [5.41, 5.74) is 3.44. The zero-order valence-corrected chi connectivity index (χ0v) is 16.8. The maximum atomic E-state index is 12.5. The molecule has 2 atom stereocenters. The highest BCUT2D eigenvalue weighted by atomic mass is 16.5. The minimum Gasteiger partial charge on any atom is -0.449 e. The quantitative estimate of drug-likeness (QED) is 0.657. The molecule has 0 aliphatic carbocycles. The van der Waals surface area contributed by atoms with E-state index in [-0.39, 0.29) is 5.91 Å². The van der Waals surface area contributed by atoms with Gasteiger partial charge in [0.05, 0.1) is 5.56 Å². The van der Waals surface area contributed by atoms with Crippen LogP contribution in [0.3, 0.4) is 0 Å². The third-order valence-corrected chi connectivity index (χ3v) is 4.83. The first-order chi connectivity index (χ1) is 12.8. The number of anilines is 1. The van der Waals surface area contributed by atoms with E-state index in [1.54, 1.807) is 19.1 Å². The van der Waals surface area contributed by atoms with Crippen LogP contribution in [0, 0.1) is 0 Å². The van der Waals surface area contributed by atoms with Crippen molar-refractivity contribution < 1.29 is 14.3 Å². The van der Waals surface area contributed by atoms with Crippen molar-refractivity contribution in [2.24, 2.45) is 0 Å². The van der Waals surface area contributed by atoms with Crippen molar-refractivity contribution in [3.8, 4) is 0 Å². The molecule has 4 nitrogen and oxygen atoms in total. The molecule has 1 amide bonds. The van der Waals surface area contributed by atoms with Crippen LogP contribution in [0.15, 0.2) is 48.5 Å². The molecule has 4 heteroatoms. The Kier molecular flexibility index (Phi) is 7.17. The maximum Gasteiger partial charge on any atom is 0.338 e. The zero-order chi connectivity index (χ0) is 20.0. The molecule has 0 radical (unpaired) electrons. The van der Waals surface area contributed by atoms with Gasteiger partial charge in [-0.25, -0.2) is 4.79 Å². The number of benzene rings is 2. The van der Waals surface area contributed by atoms with Crippen LogP contribution in [0.1, 0.15) is 74.4 Å². The summed E-state index contributed by atoms with van der Waals surface area (Å²) in [4.78, 5) is 24.8. The first-order valence-electron chi connectivity index (χ1n) is 9.54. The summed E-state index contributed by atoms with van der Waals surface area (Å²) in [6.45, 7) is 10.0. The lowest BCUT2D eigenvalue weighted by atomic mass is 9.97. The molecule has 27 heavy (non-hydrogen) atoms. The number of para-hydroxylation sites is 1. The fourth-order valence-corrected chi connectivity index (χ4v) is 2.78. The Balaban J connectivity index is 2.02. The van der Waals surface area contributed by atoms with Crippen LogP contribution in [0.2, 0.25) is 0 Å². The minimum atomic E-state index is -0.882. The minimum absolute atomic E-state index is 0.332. The highest BCUT2D eigenvalue weighted by molar-refractivity contribution is 5.97. The second-order valence-corrected chi connectivity index (χ2v) is 7.21. The zero-order valence-electron chi connectivity index (χ0n) is 16.8. The van der Waals surface area contributed by atoms with Gasteiger partial charge in [0.25, 0.3) is 5.91 Å². The molecular weight excluding hydrogens is 338 g/mol. The molecule has 0 aliphatic heterocycles. The van der Waals surface area contributed by atoms with Gasteiger partial charge in [-0.3, -0.25) is 4.79 Å². The molecule has 0 spiro atoms. The Morgan fingerprint density at radius 3 is 2.19 bits per heavy atom. The largest absolute Gasteiger partial charge is 0.449 e. The second-order valence-electron chi connectivity index (χ2n) is 7.21. The van der Waals surface area contributed by atoms with Crippen LogP contribution in [0.4, 0.5) is 5.69 Å². The van der Waals surface area contributed by atoms with E-state index < -0.39 is 12.1 Å². The van der Waals surface area contributed by atoms with E-state index in [2.05, 4.69) is 33.0 Å². The predicted molar refractivity (Wildman–Crippen MR) is 109 cm³/mol. The summed E-state index contributed by atoms with van der Waals surface area (Å²) < 4.78 is 5.35. The smallest absolute Gasteiger partial charge is 0.338 e. The van der Waals surface area contributed by atoms with Gasteiger partial charge in [-0.1, -0.05) is 58.0 Å². The fraction of sp³-hybridized carbons (Fsp3) is 0.391. The number of hydrogen-bond donors (Lipinski definition) is 1. The summed E-state index contributed by atoms with van der Waals surface area (Å²) in [6, 6.07) is 15.0. The average molecular weight is 367 g/mol. The number of amides is 1. The predicted octanol–water partition coefficient (Wildman–Crippen LogP) is 5.51. The normalized spacial score (nSPS) is 13.1. The van der Waals surface area contributed by atoms with Crippen molar-refractivity contribution in [3.05, 3.63) is 65.2 Å². The summed E-state index contributed by atoms with van der Waals surface area (Å²) in [7, 11) is 0. The lowest BCUT2D eigenvalue weighted by molar-refractivity contribution is -0.123. The van der Waals surface area contributed by atoms with Crippen LogP contribution in [-0.4, -0.2) is 18.0 Å². The second kappa shape index (κ2) is 9.36. The molecule has 2 aromatic carbocycles. The van der Waals surface area contributed by atoms with Crippen molar-refractivity contribution in [2.75, 3.05) is 5.32 Å². The van der Waals surface area contributed by atoms with Gasteiger partial charge in [-0.05, 0) is 54.5 Å². The first-order valence-corrected chi connectivity index (χ1v) is 9.54. The summed E-state index contributed by atoms with van der Waals surface area (Å²) in [6.07, 6.45) is 0.0938. The van der Waals surface area contributed by atoms with E-state index in [1.807, 2.05) is 36.4 Å². The Morgan fingerprint density at radius 2 is 1.59 bits per heavy atom. The van der Waals surface area contributed by atoms with E-state index in [0.29, 0.717) is 17.4 Å². The SMILES string of the molecule is CC[C@@H](C)c1ccccc1NC(=O)[C@@H](C)OC(=O)c1ccc(C(C)C)cc1. The Morgan fingerprint density at radius 1 is 0.963 bits per heavy atom. The summed E-state index contributed by atoms with van der Waals surface area (Å²) in [5, 5.41) is 2.89. The molecule has 0 aromatic heterocycles. The van der Waals surface area contributed by atoms with Gasteiger partial charge in [0, 0.05) is 5.69 Å². The van der Waals surface area contributed by atoms with Crippen molar-refractivity contribution in [1.29, 1.82) is 0 Å². The Labute approximate surface area is 161 Å². The summed E-state index contributed by atoms with van der Waals surface area (Å²) >= 11 is 0. The van der Waals surface area contributed by atoms with Crippen LogP contribution < -0.4 is 5.32 Å². The molecule has 2 aromatic rings. The van der Waals surface area contributed by atoms with Crippen molar-refractivity contribution in [1.82, 2.24) is 0 Å². The van der Waals surface area contributed by atoms with Crippen molar-refractivity contribution >= 4 is 17.6 Å². The van der Waals surface area contributed by atoms with Gasteiger partial charge in [0.15, 0.2) is 6.10 Å². The standard InChI is InChI=1S/C23H29NO3/c1-6-16(4)20-9-7-8-10-21(20)24-22(25)17(5)27-23(26)19-13-11-18(12-14-19)15(2)3/h7-17H,6H2,1-5H3,(H,24,25)/t16-,17-/m1/s1. The molecule has 144 valence electrons. The van der Waals surface area contributed by atoms with Crippen molar-refractivity contribution in [3.63, 3.8) is 0 Å². The lowest BCUT2D eigenvalue weighted by Gasteiger charge is -2.18. The Hall–Kier alpha value is -2.62. The van der Waals surface area contributed by atoms with Gasteiger partial charge in [-0.15, -0.1) is 0 Å². The number of carbonyl (C=O) groups is 2. The van der Waals surface area contributed by atoms with E-state index in [9.17, 15) is 9.59 Å². The highest BCUT2D eigenvalue weighted by Crippen LogP contribution is 2.26. The maximum absolute atomic E-state index is 12.5. The average Bonchev–Trinajstić information content (AvgIpc) is 2.67. The van der Waals surface area contributed by atoms with Gasteiger partial charge in [-0.2, -0.15) is 0 Å². The molecular formula is C23H29NO3. The van der Waals surface area contributed by atoms with E-state index in [1.165, 1.54) is 0 Å². The van der Waals surface area contributed by atoms with Gasteiger partial charge in [0.2, 0.25) is 0 Å². The number of carbonyl (C=O) groups excluding carboxylic acids is 2. The third-order valence-electron chi connectivity index (χ3n) is 4.83. The van der Waals surface area contributed by atoms with Gasteiger partial charge >= 0.3 is 5.97 Å². The highest BCUT2D eigenvalue weighted by Gasteiger charge is 2.20. The molecule has 0 heterocycles. The molecule has 0 fully saturated rings. The number of rotatable bonds is 7. The number of hydrogen-bond acceptors (Lipinski definition) is 3. The monoisotopic (exact) mass is 367 g/mol. The molecule has 0 unspecified atom stereocenters. The first kappa shape index (κ1) is 20.7. The van der Waals surface area contributed by atoms with Crippen LogP contribution in [-0.2, 0) is 9.53 Å². The third kappa shape index (κ3) is 5.43. The topological polar surface area (TPSA) is 55.4 Å². The van der Waals surface area contributed by atoms with E-state index in [0.717, 1.165) is 23.2 Å². The number of esters is 1. The molecule has 0 saturated heterocycles. The van der Waals surface area contributed by atoms with E-state index in [4.69, 9.17) is 4.74 Å². The molecule has 1 N–H and O–H groups in total. The van der Waals surface area contributed by atoms with E-state index >= 15 is 0 Å². The Bertz CT molecular complexity index is 780. The van der Waals surface area contributed by atoms with Gasteiger partial charge < -0.3 is 10.1 Å². The molecule has 2 rings (SSSR count). The van der Waals surface area contributed by atoms with Crippen molar-refractivity contribution in [2.45, 2.75) is 59.0 Å². The summed E-state index contributed by atoms with van der Waals surface area (Å²) in [5.74, 6) is -0.106. The van der Waals surface area contributed by atoms with Gasteiger partial charge in [0.1, 0.15) is 0 Å². The number of nitrogens with one attached hydrogen (secondary N) is 1. The number of ether oxygens (including phenoxy) is 1. The lowest BCUT2D eigenvalue weighted by Crippen LogP contribution is -2.30. The molecule has 0 aliphatic rings. The fourth-order valence-electron chi connectivity index (χ4n) is 2.78. The molecule has 0 saturated carbocycles. The van der Waals surface area contributed by atoms with Crippen LogP contribution in [0.25, 0.3) is 0 Å².